The van der Waals surface area contributed by atoms with E-state index in [1.54, 1.807) is 11.3 Å². The average Bonchev–Trinajstić information content (AvgIpc) is 3.33. The largest absolute Gasteiger partial charge is 0.459 e. The summed E-state index contributed by atoms with van der Waals surface area (Å²) < 4.78 is 5.38. The molecule has 0 aliphatic heterocycles. The molecule has 5 heteroatoms. The summed E-state index contributed by atoms with van der Waals surface area (Å²) >= 11 is 1.56. The number of nitrogens with zero attached hydrogens (tertiary/aromatic N) is 1. The second-order valence-corrected chi connectivity index (χ2v) is 6.89. The summed E-state index contributed by atoms with van der Waals surface area (Å²) in [6.45, 7) is 0.218. The lowest BCUT2D eigenvalue weighted by molar-refractivity contribution is -0.145. The van der Waals surface area contributed by atoms with Crippen molar-refractivity contribution >= 4 is 28.2 Å². The van der Waals surface area contributed by atoms with E-state index in [-0.39, 0.29) is 12.6 Å². The van der Waals surface area contributed by atoms with E-state index in [4.69, 9.17) is 4.74 Å². The molecule has 4 rings (SSSR count). The number of benzene rings is 2. The van der Waals surface area contributed by atoms with Crippen LogP contribution in [0.1, 0.15) is 17.7 Å². The third-order valence-corrected chi connectivity index (χ3v) is 5.17. The smallest absolute Gasteiger partial charge is 0.306 e. The van der Waals surface area contributed by atoms with Crippen LogP contribution in [-0.2, 0) is 22.6 Å². The number of aromatic amines is 1. The molecule has 26 heavy (non-hydrogen) atoms. The van der Waals surface area contributed by atoms with Crippen LogP contribution in [0.2, 0.25) is 0 Å². The maximum absolute atomic E-state index is 12.1. The van der Waals surface area contributed by atoms with Crippen molar-refractivity contribution in [3.05, 3.63) is 77.4 Å². The summed E-state index contributed by atoms with van der Waals surface area (Å²) in [6.07, 6.45) is 2.98. The van der Waals surface area contributed by atoms with E-state index in [1.807, 2.05) is 60.1 Å². The highest BCUT2D eigenvalue weighted by Gasteiger charge is 2.10. The van der Waals surface area contributed by atoms with Crippen LogP contribution in [0.15, 0.2) is 66.2 Å². The number of fused-ring (bicyclic) bond motifs is 1. The van der Waals surface area contributed by atoms with Crippen LogP contribution in [-0.4, -0.2) is 15.9 Å². The average molecular weight is 362 g/mol. The minimum absolute atomic E-state index is 0.204. The highest BCUT2D eigenvalue weighted by atomic mass is 32.1. The fraction of sp³-hybridized carbons (Fsp3) is 0.143. The Bertz CT molecular complexity index is 1020. The number of ether oxygens (including phenoxy) is 1. The van der Waals surface area contributed by atoms with Gasteiger partial charge in [0.05, 0.1) is 5.69 Å². The van der Waals surface area contributed by atoms with Crippen LogP contribution >= 0.6 is 11.3 Å². The molecule has 2 aromatic heterocycles. The van der Waals surface area contributed by atoms with Crippen molar-refractivity contribution in [2.75, 3.05) is 0 Å². The van der Waals surface area contributed by atoms with Gasteiger partial charge >= 0.3 is 5.97 Å². The molecule has 0 aliphatic rings. The van der Waals surface area contributed by atoms with Crippen LogP contribution in [0, 0.1) is 0 Å². The van der Waals surface area contributed by atoms with Gasteiger partial charge in [-0.2, -0.15) is 0 Å². The van der Waals surface area contributed by atoms with Gasteiger partial charge in [-0.05, 0) is 18.1 Å². The first-order chi connectivity index (χ1) is 12.8. The number of thiazole rings is 1. The molecule has 1 N–H and O–H groups in total. The molecule has 0 fully saturated rings. The SMILES string of the molecule is O=C(CCc1c[nH]c2ccccc12)OCc1csc(-c2ccccc2)n1. The van der Waals surface area contributed by atoms with Gasteiger partial charge in [0.2, 0.25) is 0 Å². The second-order valence-electron chi connectivity index (χ2n) is 6.03. The third kappa shape index (κ3) is 3.68. The van der Waals surface area contributed by atoms with Gasteiger partial charge in [0.25, 0.3) is 0 Å². The quantitative estimate of drug-likeness (QED) is 0.493. The molecule has 0 saturated carbocycles. The van der Waals surface area contributed by atoms with E-state index in [0.717, 1.165) is 32.7 Å². The number of rotatable bonds is 6. The summed E-state index contributed by atoms with van der Waals surface area (Å²) in [7, 11) is 0. The molecule has 0 amide bonds. The summed E-state index contributed by atoms with van der Waals surface area (Å²) in [4.78, 5) is 19.8. The van der Waals surface area contributed by atoms with Gasteiger partial charge < -0.3 is 9.72 Å². The molecule has 0 spiro atoms. The summed E-state index contributed by atoms with van der Waals surface area (Å²) in [5.74, 6) is -0.204. The van der Waals surface area contributed by atoms with Gasteiger partial charge in [-0.25, -0.2) is 4.98 Å². The zero-order valence-electron chi connectivity index (χ0n) is 14.1. The molecule has 2 heterocycles. The van der Waals surface area contributed by atoms with Gasteiger partial charge in [-0.1, -0.05) is 48.5 Å². The summed E-state index contributed by atoms with van der Waals surface area (Å²) in [5, 5.41) is 4.04. The van der Waals surface area contributed by atoms with Crippen molar-refractivity contribution in [1.82, 2.24) is 9.97 Å². The number of hydrogen-bond donors (Lipinski definition) is 1. The number of hydrogen-bond acceptors (Lipinski definition) is 4. The minimum atomic E-state index is -0.204. The van der Waals surface area contributed by atoms with Crippen LogP contribution in [0.25, 0.3) is 21.5 Å². The number of aryl methyl sites for hydroxylation is 1. The molecule has 130 valence electrons. The lowest BCUT2D eigenvalue weighted by Crippen LogP contribution is -2.06. The van der Waals surface area contributed by atoms with E-state index in [0.29, 0.717) is 12.8 Å². The Morgan fingerprint density at radius 1 is 1.08 bits per heavy atom. The predicted octanol–water partition coefficient (Wildman–Crippen LogP) is 4.97. The molecule has 0 bridgehead atoms. The fourth-order valence-electron chi connectivity index (χ4n) is 2.89. The Morgan fingerprint density at radius 3 is 2.77 bits per heavy atom. The van der Waals surface area contributed by atoms with Crippen molar-refractivity contribution in [2.45, 2.75) is 19.4 Å². The standard InChI is InChI=1S/C21H18N2O2S/c24-20(11-10-16-12-22-19-9-5-4-8-18(16)19)25-13-17-14-26-21(23-17)15-6-2-1-3-7-15/h1-9,12,14,22H,10-11,13H2. The molecule has 0 saturated heterocycles. The zero-order valence-corrected chi connectivity index (χ0v) is 15.0. The minimum Gasteiger partial charge on any atom is -0.459 e. The Hall–Kier alpha value is -2.92. The number of carbonyl (C=O) groups excluding carboxylic acids is 1. The molecule has 0 atom stereocenters. The highest BCUT2D eigenvalue weighted by molar-refractivity contribution is 7.13. The van der Waals surface area contributed by atoms with Crippen molar-refractivity contribution in [2.24, 2.45) is 0 Å². The van der Waals surface area contributed by atoms with Crippen LogP contribution in [0.3, 0.4) is 0 Å². The Balaban J connectivity index is 1.31. The number of carbonyl (C=O) groups is 1. The van der Waals surface area contributed by atoms with Gasteiger partial charge in [-0.15, -0.1) is 11.3 Å². The third-order valence-electron chi connectivity index (χ3n) is 4.23. The van der Waals surface area contributed by atoms with Crippen molar-refractivity contribution in [1.29, 1.82) is 0 Å². The fourth-order valence-corrected chi connectivity index (χ4v) is 3.70. The second kappa shape index (κ2) is 7.54. The monoisotopic (exact) mass is 362 g/mol. The number of nitrogens with one attached hydrogen (secondary N) is 1. The predicted molar refractivity (Wildman–Crippen MR) is 104 cm³/mol. The van der Waals surface area contributed by atoms with Crippen molar-refractivity contribution in [3.63, 3.8) is 0 Å². The van der Waals surface area contributed by atoms with E-state index in [2.05, 4.69) is 16.0 Å². The van der Waals surface area contributed by atoms with E-state index in [9.17, 15) is 4.79 Å². The topological polar surface area (TPSA) is 55.0 Å². The van der Waals surface area contributed by atoms with Gasteiger partial charge in [0.15, 0.2) is 0 Å². The molecular weight excluding hydrogens is 344 g/mol. The first kappa shape index (κ1) is 16.5. The van der Waals surface area contributed by atoms with E-state index < -0.39 is 0 Å². The number of para-hydroxylation sites is 1. The number of aromatic nitrogens is 2. The van der Waals surface area contributed by atoms with Crippen LogP contribution < -0.4 is 0 Å². The maximum atomic E-state index is 12.1. The Morgan fingerprint density at radius 2 is 1.88 bits per heavy atom. The molecular formula is C21H18N2O2S. The summed E-state index contributed by atoms with van der Waals surface area (Å²) in [6, 6.07) is 18.1. The van der Waals surface area contributed by atoms with Crippen LogP contribution in [0.4, 0.5) is 0 Å². The molecule has 4 aromatic rings. The molecule has 4 nitrogen and oxygen atoms in total. The Labute approximate surface area is 155 Å². The molecule has 0 radical (unpaired) electrons. The molecule has 0 aliphatic carbocycles. The maximum Gasteiger partial charge on any atom is 0.306 e. The van der Waals surface area contributed by atoms with Crippen molar-refractivity contribution < 1.29 is 9.53 Å². The lowest BCUT2D eigenvalue weighted by Gasteiger charge is -2.03. The molecule has 0 unspecified atom stereocenters. The zero-order chi connectivity index (χ0) is 17.8. The van der Waals surface area contributed by atoms with E-state index >= 15 is 0 Å². The summed E-state index contributed by atoms with van der Waals surface area (Å²) in [5.41, 5.74) is 4.09. The molecule has 2 aromatic carbocycles. The van der Waals surface area contributed by atoms with Crippen molar-refractivity contribution in [3.8, 4) is 10.6 Å². The number of H-pyrrole nitrogens is 1. The first-order valence-corrected chi connectivity index (χ1v) is 9.38. The van der Waals surface area contributed by atoms with Gasteiger partial charge in [0.1, 0.15) is 11.6 Å². The Kier molecular flexibility index (Phi) is 4.80. The van der Waals surface area contributed by atoms with Gasteiger partial charge in [0, 0.05) is 34.5 Å². The normalized spacial score (nSPS) is 10.9. The van der Waals surface area contributed by atoms with Gasteiger partial charge in [-0.3, -0.25) is 4.79 Å². The van der Waals surface area contributed by atoms with Crippen LogP contribution in [0.5, 0.6) is 0 Å². The number of esters is 1. The highest BCUT2D eigenvalue weighted by Crippen LogP contribution is 2.24. The lowest BCUT2D eigenvalue weighted by atomic mass is 10.1. The van der Waals surface area contributed by atoms with E-state index in [1.165, 1.54) is 0 Å². The first-order valence-electron chi connectivity index (χ1n) is 8.50.